The number of imide groups is 1. The molecular formula is C22H20FN3O7. The normalized spacial score (nSPS) is 15.2. The fraction of sp³-hybridized carbons (Fsp3) is 0.182. The van der Waals surface area contributed by atoms with Crippen molar-refractivity contribution in [2.45, 2.75) is 13.0 Å². The number of carboxylic acid groups (broad SMARTS) is 1. The first-order valence-corrected chi connectivity index (χ1v) is 9.66. The Labute approximate surface area is 187 Å². The molecule has 2 aromatic carbocycles. The predicted octanol–water partition coefficient (Wildman–Crippen LogP) is 2.22. The van der Waals surface area contributed by atoms with Crippen LogP contribution in [0.5, 0.6) is 11.5 Å². The number of carboxylic acids is 1. The average molecular weight is 457 g/mol. The van der Waals surface area contributed by atoms with Gasteiger partial charge in [-0.2, -0.15) is 0 Å². The molecule has 0 aliphatic carbocycles. The lowest BCUT2D eigenvalue weighted by Crippen LogP contribution is -2.38. The number of carbonyl (C=O) groups is 4. The first kappa shape index (κ1) is 23.3. The molecule has 0 spiro atoms. The molecule has 0 aromatic heterocycles. The van der Waals surface area contributed by atoms with E-state index in [0.29, 0.717) is 10.6 Å². The Balaban J connectivity index is 1.80. The SMILES string of the molecule is COc1cccc(/C=C2\NC(=O)N(CC(=O)Nc3ccc(F)cc3)C2=O)c1O[C@H](C)C(=O)O. The van der Waals surface area contributed by atoms with Gasteiger partial charge in [0, 0.05) is 11.3 Å². The van der Waals surface area contributed by atoms with E-state index in [9.17, 15) is 23.6 Å². The summed E-state index contributed by atoms with van der Waals surface area (Å²) in [6.07, 6.45) is 0.0869. The molecule has 3 N–H and O–H groups in total. The highest BCUT2D eigenvalue weighted by molar-refractivity contribution is 6.16. The Bertz CT molecular complexity index is 1130. The number of benzene rings is 2. The van der Waals surface area contributed by atoms with E-state index in [2.05, 4.69) is 10.6 Å². The number of amides is 4. The smallest absolute Gasteiger partial charge is 0.344 e. The molecule has 172 valence electrons. The van der Waals surface area contributed by atoms with Gasteiger partial charge in [0.1, 0.15) is 18.1 Å². The highest BCUT2D eigenvalue weighted by Crippen LogP contribution is 2.34. The van der Waals surface area contributed by atoms with Gasteiger partial charge >= 0.3 is 12.0 Å². The number of aliphatic carboxylic acids is 1. The molecule has 0 radical (unpaired) electrons. The van der Waals surface area contributed by atoms with Crippen LogP contribution in [0.15, 0.2) is 48.2 Å². The van der Waals surface area contributed by atoms with Gasteiger partial charge in [0.25, 0.3) is 5.91 Å². The molecule has 1 aliphatic rings. The monoisotopic (exact) mass is 457 g/mol. The summed E-state index contributed by atoms with van der Waals surface area (Å²) in [7, 11) is 1.37. The van der Waals surface area contributed by atoms with Crippen LogP contribution in [0.1, 0.15) is 12.5 Å². The lowest BCUT2D eigenvalue weighted by Gasteiger charge is -2.16. The molecule has 0 unspecified atom stereocenters. The first-order valence-electron chi connectivity index (χ1n) is 9.66. The summed E-state index contributed by atoms with van der Waals surface area (Å²) in [6, 6.07) is 8.87. The fourth-order valence-electron chi connectivity index (χ4n) is 2.91. The van der Waals surface area contributed by atoms with Crippen molar-refractivity contribution in [1.82, 2.24) is 10.2 Å². The highest BCUT2D eigenvalue weighted by atomic mass is 19.1. The quantitative estimate of drug-likeness (QED) is 0.409. The van der Waals surface area contributed by atoms with Crippen molar-refractivity contribution in [1.29, 1.82) is 0 Å². The second-order valence-corrected chi connectivity index (χ2v) is 6.91. The zero-order chi connectivity index (χ0) is 24.1. The number of hydrogen-bond donors (Lipinski definition) is 3. The van der Waals surface area contributed by atoms with E-state index in [-0.39, 0.29) is 22.8 Å². The molecule has 0 saturated carbocycles. The minimum absolute atomic E-state index is 0.0666. The minimum atomic E-state index is -1.21. The van der Waals surface area contributed by atoms with E-state index in [4.69, 9.17) is 14.6 Å². The second kappa shape index (κ2) is 9.81. The van der Waals surface area contributed by atoms with Gasteiger partial charge in [0.15, 0.2) is 17.6 Å². The maximum Gasteiger partial charge on any atom is 0.344 e. The topological polar surface area (TPSA) is 134 Å². The van der Waals surface area contributed by atoms with E-state index in [1.165, 1.54) is 32.2 Å². The fourth-order valence-corrected chi connectivity index (χ4v) is 2.91. The van der Waals surface area contributed by atoms with Crippen LogP contribution in [0.3, 0.4) is 0 Å². The molecule has 1 aliphatic heterocycles. The van der Waals surface area contributed by atoms with Crippen LogP contribution in [-0.4, -0.2) is 53.6 Å². The summed E-state index contributed by atoms with van der Waals surface area (Å²) >= 11 is 0. The maximum atomic E-state index is 13.0. The van der Waals surface area contributed by atoms with Gasteiger partial charge < -0.3 is 25.2 Å². The van der Waals surface area contributed by atoms with Crippen molar-refractivity contribution in [2.75, 3.05) is 19.0 Å². The summed E-state index contributed by atoms with van der Waals surface area (Å²) in [5.41, 5.74) is 0.439. The van der Waals surface area contributed by atoms with Crippen LogP contribution < -0.4 is 20.1 Å². The third kappa shape index (κ3) is 5.45. The van der Waals surface area contributed by atoms with Gasteiger partial charge in [0.05, 0.1) is 7.11 Å². The van der Waals surface area contributed by atoms with E-state index >= 15 is 0 Å². The molecule has 10 nitrogen and oxygen atoms in total. The van der Waals surface area contributed by atoms with Crippen molar-refractivity contribution < 1.29 is 38.1 Å². The Morgan fingerprint density at radius 1 is 1.21 bits per heavy atom. The number of nitrogens with zero attached hydrogens (tertiary/aromatic N) is 1. The summed E-state index contributed by atoms with van der Waals surface area (Å²) in [5.74, 6) is -2.82. The third-order valence-corrected chi connectivity index (χ3v) is 4.56. The van der Waals surface area contributed by atoms with Crippen LogP contribution in [0.4, 0.5) is 14.9 Å². The van der Waals surface area contributed by atoms with Gasteiger partial charge in [0.2, 0.25) is 5.91 Å². The number of hydrogen-bond acceptors (Lipinski definition) is 6. The number of ether oxygens (including phenoxy) is 2. The summed E-state index contributed by atoms with van der Waals surface area (Å²) in [6.45, 7) is 0.757. The van der Waals surface area contributed by atoms with E-state index < -0.39 is 42.3 Å². The highest BCUT2D eigenvalue weighted by Gasteiger charge is 2.35. The summed E-state index contributed by atoms with van der Waals surface area (Å²) in [4.78, 5) is 49.1. The summed E-state index contributed by atoms with van der Waals surface area (Å²) in [5, 5.41) is 14.0. The van der Waals surface area contributed by atoms with Gasteiger partial charge in [-0.3, -0.25) is 9.59 Å². The van der Waals surface area contributed by atoms with Gasteiger partial charge in [-0.1, -0.05) is 12.1 Å². The Kier molecular flexibility index (Phi) is 6.91. The molecule has 1 atom stereocenters. The van der Waals surface area contributed by atoms with Crippen LogP contribution in [0.25, 0.3) is 6.08 Å². The molecule has 1 fully saturated rings. The van der Waals surface area contributed by atoms with Gasteiger partial charge in [-0.05, 0) is 43.3 Å². The minimum Gasteiger partial charge on any atom is -0.493 e. The Morgan fingerprint density at radius 2 is 1.91 bits per heavy atom. The van der Waals surface area contributed by atoms with Crippen molar-refractivity contribution in [3.63, 3.8) is 0 Å². The number of nitrogens with one attached hydrogen (secondary N) is 2. The Hall–Kier alpha value is -4.41. The molecule has 2 aromatic rings. The molecule has 1 heterocycles. The third-order valence-electron chi connectivity index (χ3n) is 4.56. The number of para-hydroxylation sites is 1. The number of halogens is 1. The number of rotatable bonds is 8. The largest absolute Gasteiger partial charge is 0.493 e. The van der Waals surface area contributed by atoms with Gasteiger partial charge in [-0.15, -0.1) is 0 Å². The van der Waals surface area contributed by atoms with Crippen molar-refractivity contribution in [3.8, 4) is 11.5 Å². The zero-order valence-electron chi connectivity index (χ0n) is 17.6. The molecule has 3 rings (SSSR count). The van der Waals surface area contributed by atoms with Crippen LogP contribution >= 0.6 is 0 Å². The first-order chi connectivity index (χ1) is 15.7. The number of anilines is 1. The standard InChI is InChI=1S/C22H20FN3O7/c1-12(21(29)30)33-19-13(4-3-5-17(19)32-2)10-16-20(28)26(22(31)25-16)11-18(27)24-15-8-6-14(23)7-9-15/h3-10,12H,11H2,1-2H3,(H,24,27)(H,25,31)(H,29,30)/b16-10-/t12-/m1/s1. The summed E-state index contributed by atoms with van der Waals surface area (Å²) < 4.78 is 23.7. The lowest BCUT2D eigenvalue weighted by atomic mass is 10.1. The van der Waals surface area contributed by atoms with E-state index in [1.807, 2.05) is 0 Å². The van der Waals surface area contributed by atoms with Crippen molar-refractivity contribution in [2.24, 2.45) is 0 Å². The molecule has 33 heavy (non-hydrogen) atoms. The van der Waals surface area contributed by atoms with Crippen molar-refractivity contribution >= 4 is 35.6 Å². The number of carbonyl (C=O) groups excluding carboxylic acids is 3. The number of urea groups is 1. The van der Waals surface area contributed by atoms with Crippen molar-refractivity contribution in [3.05, 3.63) is 59.5 Å². The van der Waals surface area contributed by atoms with E-state index in [1.54, 1.807) is 18.2 Å². The van der Waals surface area contributed by atoms with Crippen LogP contribution in [0.2, 0.25) is 0 Å². The molecule has 11 heteroatoms. The molecule has 4 amide bonds. The average Bonchev–Trinajstić information content (AvgIpc) is 3.03. The Morgan fingerprint density at radius 3 is 2.55 bits per heavy atom. The van der Waals surface area contributed by atoms with Crippen LogP contribution in [0, 0.1) is 5.82 Å². The zero-order valence-corrected chi connectivity index (χ0v) is 17.6. The predicted molar refractivity (Wildman–Crippen MR) is 114 cm³/mol. The molecular weight excluding hydrogens is 437 g/mol. The molecule has 1 saturated heterocycles. The maximum absolute atomic E-state index is 13.0. The molecule has 0 bridgehead atoms. The van der Waals surface area contributed by atoms with E-state index in [0.717, 1.165) is 12.1 Å². The lowest BCUT2D eigenvalue weighted by molar-refractivity contribution is -0.144. The van der Waals surface area contributed by atoms with Crippen LogP contribution in [-0.2, 0) is 14.4 Å². The number of methoxy groups -OCH3 is 1. The second-order valence-electron chi connectivity index (χ2n) is 6.91. The van der Waals surface area contributed by atoms with Gasteiger partial charge in [-0.25, -0.2) is 18.9 Å².